The lowest BCUT2D eigenvalue weighted by Gasteiger charge is -2.26. The molecular weight excluding hydrogens is 236 g/mol. The van der Waals surface area contributed by atoms with Crippen LogP contribution in [0.4, 0.5) is 0 Å². The molecule has 1 aromatic rings. The van der Waals surface area contributed by atoms with Crippen LogP contribution in [0.2, 0.25) is 0 Å². The minimum Gasteiger partial charge on any atom is -0.323 e. The number of nitrogens with zero attached hydrogens (tertiary/aromatic N) is 2. The third kappa shape index (κ3) is 6.21. The normalized spacial score (nSPS) is 13.7. The minimum atomic E-state index is 0.0279. The maximum atomic E-state index is 6.14. The van der Waals surface area contributed by atoms with Gasteiger partial charge in [-0.3, -0.25) is 4.68 Å². The van der Waals surface area contributed by atoms with Gasteiger partial charge in [0.05, 0.1) is 6.20 Å². The van der Waals surface area contributed by atoms with Gasteiger partial charge in [-0.2, -0.15) is 5.10 Å². The zero-order chi connectivity index (χ0) is 14.3. The van der Waals surface area contributed by atoms with E-state index in [9.17, 15) is 0 Å². The Bertz CT molecular complexity index is 357. The number of nitrogens with two attached hydrogens (primary N) is 1. The first-order chi connectivity index (χ1) is 8.94. The van der Waals surface area contributed by atoms with Crippen molar-refractivity contribution < 1.29 is 0 Å². The molecule has 1 atom stereocenters. The maximum absolute atomic E-state index is 6.14. The van der Waals surface area contributed by atoms with Gasteiger partial charge in [-0.15, -0.1) is 0 Å². The number of rotatable bonds is 9. The zero-order valence-corrected chi connectivity index (χ0v) is 12.9. The Morgan fingerprint density at radius 2 is 2.16 bits per heavy atom. The molecule has 0 saturated heterocycles. The van der Waals surface area contributed by atoms with Crippen LogP contribution in [0.15, 0.2) is 12.4 Å². The van der Waals surface area contributed by atoms with Gasteiger partial charge in [0.15, 0.2) is 0 Å². The van der Waals surface area contributed by atoms with E-state index in [-0.39, 0.29) is 6.04 Å². The molecule has 110 valence electrons. The van der Waals surface area contributed by atoms with Crippen LogP contribution in [0.1, 0.15) is 58.1 Å². The Morgan fingerprint density at radius 3 is 2.74 bits per heavy atom. The number of aromatic nitrogens is 2. The molecule has 0 amide bonds. The van der Waals surface area contributed by atoms with E-state index in [1.54, 1.807) is 4.68 Å². The fraction of sp³-hybridized carbons (Fsp3) is 0.800. The fourth-order valence-electron chi connectivity index (χ4n) is 2.26. The van der Waals surface area contributed by atoms with Gasteiger partial charge in [0.1, 0.15) is 0 Å². The molecule has 3 N–H and O–H groups in total. The third-order valence-electron chi connectivity index (χ3n) is 3.58. The van der Waals surface area contributed by atoms with Gasteiger partial charge in [-0.25, -0.2) is 0 Å². The lowest BCUT2D eigenvalue weighted by molar-refractivity contribution is 0.300. The highest BCUT2D eigenvalue weighted by molar-refractivity contribution is 5.09. The second-order valence-electron chi connectivity index (χ2n) is 6.31. The van der Waals surface area contributed by atoms with Crippen LogP contribution in [0.5, 0.6) is 0 Å². The van der Waals surface area contributed by atoms with Crippen molar-refractivity contribution in [1.82, 2.24) is 15.1 Å². The summed E-state index contributed by atoms with van der Waals surface area (Å²) in [6.07, 6.45) is 9.04. The molecule has 1 heterocycles. The summed E-state index contributed by atoms with van der Waals surface area (Å²) in [5, 5.41) is 7.65. The van der Waals surface area contributed by atoms with E-state index in [1.807, 2.05) is 19.4 Å². The molecule has 0 aliphatic heterocycles. The van der Waals surface area contributed by atoms with Crippen molar-refractivity contribution in [2.24, 2.45) is 18.2 Å². The van der Waals surface area contributed by atoms with Gasteiger partial charge in [-0.1, -0.05) is 40.0 Å². The summed E-state index contributed by atoms with van der Waals surface area (Å²) in [6.45, 7) is 8.72. The largest absolute Gasteiger partial charge is 0.323 e. The van der Waals surface area contributed by atoms with Crippen LogP contribution in [0.3, 0.4) is 0 Å². The summed E-state index contributed by atoms with van der Waals surface area (Å²) in [6, 6.07) is 0.0279. The van der Waals surface area contributed by atoms with Crippen LogP contribution in [-0.4, -0.2) is 22.9 Å². The molecule has 1 rings (SSSR count). The quantitative estimate of drug-likeness (QED) is 0.676. The van der Waals surface area contributed by atoms with Gasteiger partial charge in [-0.05, 0) is 11.8 Å². The smallest absolute Gasteiger partial charge is 0.0537 e. The van der Waals surface area contributed by atoms with E-state index in [0.717, 1.165) is 18.7 Å². The molecule has 0 spiro atoms. The maximum Gasteiger partial charge on any atom is 0.0537 e. The van der Waals surface area contributed by atoms with Crippen molar-refractivity contribution in [2.75, 3.05) is 13.1 Å². The van der Waals surface area contributed by atoms with Crippen LogP contribution in [0, 0.1) is 5.41 Å². The van der Waals surface area contributed by atoms with E-state index >= 15 is 0 Å². The molecule has 4 nitrogen and oxygen atoms in total. The highest BCUT2D eigenvalue weighted by Crippen LogP contribution is 2.22. The molecule has 19 heavy (non-hydrogen) atoms. The van der Waals surface area contributed by atoms with Crippen LogP contribution in [0.25, 0.3) is 0 Å². The van der Waals surface area contributed by atoms with Gasteiger partial charge in [0, 0.05) is 37.9 Å². The Hall–Kier alpha value is -0.870. The number of aryl methyl sites for hydroxylation is 1. The highest BCUT2D eigenvalue weighted by atomic mass is 15.2. The number of hydrogen-bond acceptors (Lipinski definition) is 3. The second kappa shape index (κ2) is 7.65. The van der Waals surface area contributed by atoms with E-state index in [0.29, 0.717) is 5.41 Å². The first kappa shape index (κ1) is 16.2. The standard InChI is InChI=1S/C15H30N4/c1-5-6-7-8-15(2,3)12-17-10-14(16)13-9-18-19(4)11-13/h9,11,14,17H,5-8,10,12,16H2,1-4H3. The predicted octanol–water partition coefficient (Wildman–Crippen LogP) is 2.62. The van der Waals surface area contributed by atoms with Gasteiger partial charge < -0.3 is 11.1 Å². The molecule has 0 aliphatic rings. The Balaban J connectivity index is 2.25. The van der Waals surface area contributed by atoms with Crippen molar-refractivity contribution >= 4 is 0 Å². The molecular formula is C15H30N4. The molecule has 4 heteroatoms. The van der Waals surface area contributed by atoms with Crippen LogP contribution < -0.4 is 11.1 Å². The molecule has 0 radical (unpaired) electrons. The average Bonchev–Trinajstić information content (AvgIpc) is 2.76. The summed E-state index contributed by atoms with van der Waals surface area (Å²) in [4.78, 5) is 0. The minimum absolute atomic E-state index is 0.0279. The molecule has 0 saturated carbocycles. The second-order valence-corrected chi connectivity index (χ2v) is 6.31. The van der Waals surface area contributed by atoms with Crippen LogP contribution >= 0.6 is 0 Å². The van der Waals surface area contributed by atoms with E-state index in [2.05, 4.69) is 31.2 Å². The van der Waals surface area contributed by atoms with Crippen molar-refractivity contribution in [2.45, 2.75) is 52.5 Å². The van der Waals surface area contributed by atoms with E-state index in [4.69, 9.17) is 5.73 Å². The molecule has 0 aromatic carbocycles. The summed E-state index contributed by atoms with van der Waals surface area (Å²) in [5.74, 6) is 0. The van der Waals surface area contributed by atoms with E-state index < -0.39 is 0 Å². The predicted molar refractivity (Wildman–Crippen MR) is 80.9 cm³/mol. The molecule has 1 aromatic heterocycles. The van der Waals surface area contributed by atoms with Gasteiger partial charge in [0.2, 0.25) is 0 Å². The van der Waals surface area contributed by atoms with Crippen molar-refractivity contribution in [3.8, 4) is 0 Å². The molecule has 0 bridgehead atoms. The zero-order valence-electron chi connectivity index (χ0n) is 12.9. The monoisotopic (exact) mass is 266 g/mol. The summed E-state index contributed by atoms with van der Waals surface area (Å²) in [5.41, 5.74) is 7.59. The average molecular weight is 266 g/mol. The first-order valence-corrected chi connectivity index (χ1v) is 7.39. The van der Waals surface area contributed by atoms with Gasteiger partial charge >= 0.3 is 0 Å². The fourth-order valence-corrected chi connectivity index (χ4v) is 2.26. The summed E-state index contributed by atoms with van der Waals surface area (Å²) < 4.78 is 1.80. The first-order valence-electron chi connectivity index (χ1n) is 7.39. The third-order valence-corrected chi connectivity index (χ3v) is 3.58. The number of unbranched alkanes of at least 4 members (excludes halogenated alkanes) is 2. The molecule has 1 unspecified atom stereocenters. The molecule has 0 aliphatic carbocycles. The lowest BCUT2D eigenvalue weighted by atomic mass is 9.87. The Labute approximate surface area is 117 Å². The highest BCUT2D eigenvalue weighted by Gasteiger charge is 2.17. The number of nitrogens with one attached hydrogen (secondary N) is 1. The lowest BCUT2D eigenvalue weighted by Crippen LogP contribution is -2.34. The molecule has 0 fully saturated rings. The van der Waals surface area contributed by atoms with E-state index in [1.165, 1.54) is 25.7 Å². The van der Waals surface area contributed by atoms with Crippen molar-refractivity contribution in [1.29, 1.82) is 0 Å². The topological polar surface area (TPSA) is 55.9 Å². The summed E-state index contributed by atoms with van der Waals surface area (Å²) in [7, 11) is 1.92. The number of hydrogen-bond donors (Lipinski definition) is 2. The van der Waals surface area contributed by atoms with Gasteiger partial charge in [0.25, 0.3) is 0 Å². The van der Waals surface area contributed by atoms with Crippen LogP contribution in [-0.2, 0) is 7.05 Å². The summed E-state index contributed by atoms with van der Waals surface area (Å²) >= 11 is 0. The Kier molecular flexibility index (Phi) is 6.52. The SMILES string of the molecule is CCCCCC(C)(C)CNCC(N)c1cnn(C)c1. The van der Waals surface area contributed by atoms with Crippen molar-refractivity contribution in [3.63, 3.8) is 0 Å². The van der Waals surface area contributed by atoms with Crippen molar-refractivity contribution in [3.05, 3.63) is 18.0 Å². The Morgan fingerprint density at radius 1 is 1.42 bits per heavy atom.